The van der Waals surface area contributed by atoms with Gasteiger partial charge < -0.3 is 15.0 Å². The van der Waals surface area contributed by atoms with Crippen molar-refractivity contribution in [1.29, 1.82) is 0 Å². The number of nitrogens with one attached hydrogen (secondary N) is 1. The summed E-state index contributed by atoms with van der Waals surface area (Å²) in [7, 11) is 1.63. The van der Waals surface area contributed by atoms with Crippen molar-refractivity contribution in [2.24, 2.45) is 0 Å². The van der Waals surface area contributed by atoms with E-state index in [4.69, 9.17) is 27.9 Å². The molecular formula is C24H30Cl2N2O3S. The second kappa shape index (κ2) is 11.8. The molecule has 0 aromatic heterocycles. The number of thioether (sulfide) groups is 1. The van der Waals surface area contributed by atoms with E-state index >= 15 is 0 Å². The number of hydrogen-bond acceptors (Lipinski definition) is 4. The molecule has 0 heterocycles. The number of carbonyl (C=O) groups is 2. The fraction of sp³-hybridized carbons (Fsp3) is 0.417. The Bertz CT molecular complexity index is 930. The van der Waals surface area contributed by atoms with Crippen molar-refractivity contribution >= 4 is 46.8 Å². The van der Waals surface area contributed by atoms with Crippen molar-refractivity contribution in [3.8, 4) is 5.75 Å². The number of ether oxygens (including phenoxy) is 1. The van der Waals surface area contributed by atoms with E-state index in [2.05, 4.69) is 5.32 Å². The van der Waals surface area contributed by atoms with Gasteiger partial charge in [0.2, 0.25) is 11.8 Å². The molecule has 2 amide bonds. The average Bonchev–Trinajstić information content (AvgIpc) is 2.72. The van der Waals surface area contributed by atoms with Crippen LogP contribution in [0.15, 0.2) is 42.5 Å². The van der Waals surface area contributed by atoms with E-state index in [1.165, 1.54) is 11.8 Å². The van der Waals surface area contributed by atoms with E-state index in [1.54, 1.807) is 37.1 Å². The number of halogens is 2. The molecular weight excluding hydrogens is 467 g/mol. The summed E-state index contributed by atoms with van der Waals surface area (Å²) in [5, 5.41) is 3.93. The van der Waals surface area contributed by atoms with Gasteiger partial charge in [0.25, 0.3) is 0 Å². The standard InChI is InChI=1S/C24H30Cl2N2O3S/c1-16(23(30)27-24(2,3)4)28(13-18-8-9-19(25)12-21(18)26)22(29)15-32-14-17-6-10-20(31-5)11-7-17/h6-12,16H,13-15H2,1-5H3,(H,27,30). The van der Waals surface area contributed by atoms with Gasteiger partial charge in [-0.3, -0.25) is 9.59 Å². The van der Waals surface area contributed by atoms with Gasteiger partial charge in [0.1, 0.15) is 11.8 Å². The molecule has 0 bridgehead atoms. The molecule has 0 saturated carbocycles. The van der Waals surface area contributed by atoms with Crippen LogP contribution in [0.4, 0.5) is 0 Å². The van der Waals surface area contributed by atoms with E-state index in [0.717, 1.165) is 16.9 Å². The van der Waals surface area contributed by atoms with Crippen LogP contribution in [0.5, 0.6) is 5.75 Å². The molecule has 2 aromatic carbocycles. The second-order valence-corrected chi connectivity index (χ2v) is 10.3. The van der Waals surface area contributed by atoms with Crippen LogP contribution in [0.1, 0.15) is 38.8 Å². The first-order valence-corrected chi connectivity index (χ1v) is 12.2. The molecule has 0 aliphatic carbocycles. The Balaban J connectivity index is 2.12. The van der Waals surface area contributed by atoms with Crippen molar-refractivity contribution < 1.29 is 14.3 Å². The third-order valence-electron chi connectivity index (χ3n) is 4.67. The van der Waals surface area contributed by atoms with Gasteiger partial charge in [-0.2, -0.15) is 0 Å². The third-order valence-corrected chi connectivity index (χ3v) is 6.25. The number of benzene rings is 2. The van der Waals surface area contributed by atoms with E-state index in [0.29, 0.717) is 15.8 Å². The van der Waals surface area contributed by atoms with Crippen LogP contribution >= 0.6 is 35.0 Å². The summed E-state index contributed by atoms with van der Waals surface area (Å²) in [5.41, 5.74) is 1.43. The number of carbonyl (C=O) groups excluding carboxylic acids is 2. The number of amides is 2. The smallest absolute Gasteiger partial charge is 0.242 e. The van der Waals surface area contributed by atoms with Gasteiger partial charge in [0.05, 0.1) is 12.9 Å². The summed E-state index contributed by atoms with van der Waals surface area (Å²) in [6, 6.07) is 12.2. The maximum atomic E-state index is 13.2. The van der Waals surface area contributed by atoms with Crippen molar-refractivity contribution in [1.82, 2.24) is 10.2 Å². The lowest BCUT2D eigenvalue weighted by Crippen LogP contribution is -2.52. The van der Waals surface area contributed by atoms with Crippen LogP contribution in [0.3, 0.4) is 0 Å². The van der Waals surface area contributed by atoms with Gasteiger partial charge in [-0.05, 0) is 63.1 Å². The van der Waals surface area contributed by atoms with Gasteiger partial charge in [-0.15, -0.1) is 11.8 Å². The summed E-state index contributed by atoms with van der Waals surface area (Å²) >= 11 is 13.8. The first-order chi connectivity index (χ1) is 15.0. The third kappa shape index (κ3) is 8.23. The Morgan fingerprint density at radius 2 is 1.78 bits per heavy atom. The first kappa shape index (κ1) is 26.4. The molecule has 5 nitrogen and oxygen atoms in total. The highest BCUT2D eigenvalue weighted by atomic mass is 35.5. The topological polar surface area (TPSA) is 58.6 Å². The Hall–Kier alpha value is -1.89. The summed E-state index contributed by atoms with van der Waals surface area (Å²) < 4.78 is 5.18. The molecule has 0 saturated heterocycles. The number of hydrogen-bond donors (Lipinski definition) is 1. The maximum Gasteiger partial charge on any atom is 0.242 e. The number of methoxy groups -OCH3 is 1. The number of nitrogens with zero attached hydrogens (tertiary/aromatic N) is 1. The van der Waals surface area contributed by atoms with Gasteiger partial charge >= 0.3 is 0 Å². The van der Waals surface area contributed by atoms with Crippen molar-refractivity contribution in [3.63, 3.8) is 0 Å². The monoisotopic (exact) mass is 496 g/mol. The number of rotatable bonds is 9. The normalized spacial score (nSPS) is 12.2. The largest absolute Gasteiger partial charge is 0.497 e. The molecule has 174 valence electrons. The molecule has 2 rings (SSSR count). The summed E-state index contributed by atoms with van der Waals surface area (Å²) in [4.78, 5) is 27.5. The zero-order chi connectivity index (χ0) is 23.9. The molecule has 1 unspecified atom stereocenters. The van der Waals surface area contributed by atoms with Crippen molar-refractivity contribution in [3.05, 3.63) is 63.6 Å². The Labute approximate surface area is 204 Å². The lowest BCUT2D eigenvalue weighted by atomic mass is 10.1. The van der Waals surface area contributed by atoms with E-state index in [1.807, 2.05) is 45.0 Å². The van der Waals surface area contributed by atoms with Gasteiger partial charge in [0, 0.05) is 27.9 Å². The van der Waals surface area contributed by atoms with Crippen molar-refractivity contribution in [2.45, 2.75) is 51.6 Å². The highest BCUT2D eigenvalue weighted by Gasteiger charge is 2.28. The Morgan fingerprint density at radius 3 is 2.34 bits per heavy atom. The van der Waals surface area contributed by atoms with Crippen LogP contribution in [0.2, 0.25) is 10.0 Å². The van der Waals surface area contributed by atoms with E-state index < -0.39 is 11.6 Å². The molecule has 0 fully saturated rings. The molecule has 8 heteroatoms. The zero-order valence-electron chi connectivity index (χ0n) is 19.1. The van der Waals surface area contributed by atoms with Gasteiger partial charge in [0.15, 0.2) is 0 Å². The maximum absolute atomic E-state index is 13.2. The minimum Gasteiger partial charge on any atom is -0.497 e. The van der Waals surface area contributed by atoms with Gasteiger partial charge in [-0.25, -0.2) is 0 Å². The molecule has 0 spiro atoms. The lowest BCUT2D eigenvalue weighted by Gasteiger charge is -2.31. The van der Waals surface area contributed by atoms with Crippen LogP contribution in [0.25, 0.3) is 0 Å². The lowest BCUT2D eigenvalue weighted by molar-refractivity contribution is -0.139. The minimum atomic E-state index is -0.657. The first-order valence-electron chi connectivity index (χ1n) is 10.3. The van der Waals surface area contributed by atoms with Crippen LogP contribution < -0.4 is 10.1 Å². The molecule has 2 aromatic rings. The van der Waals surface area contributed by atoms with Gasteiger partial charge in [-0.1, -0.05) is 41.4 Å². The quantitative estimate of drug-likeness (QED) is 0.492. The minimum absolute atomic E-state index is 0.133. The average molecular weight is 497 g/mol. The second-order valence-electron chi connectivity index (χ2n) is 8.51. The van der Waals surface area contributed by atoms with E-state index in [-0.39, 0.29) is 24.1 Å². The summed E-state index contributed by atoms with van der Waals surface area (Å²) in [5.74, 6) is 1.36. The Kier molecular flexibility index (Phi) is 9.74. The van der Waals surface area contributed by atoms with Crippen LogP contribution in [-0.2, 0) is 21.9 Å². The summed E-state index contributed by atoms with van der Waals surface area (Å²) in [6.45, 7) is 7.67. The molecule has 32 heavy (non-hydrogen) atoms. The zero-order valence-corrected chi connectivity index (χ0v) is 21.4. The predicted molar refractivity (Wildman–Crippen MR) is 134 cm³/mol. The molecule has 0 aliphatic rings. The summed E-state index contributed by atoms with van der Waals surface area (Å²) in [6.07, 6.45) is 0. The fourth-order valence-corrected chi connectivity index (χ4v) is 4.29. The van der Waals surface area contributed by atoms with Crippen LogP contribution in [-0.4, -0.2) is 41.2 Å². The SMILES string of the molecule is COc1ccc(CSCC(=O)N(Cc2ccc(Cl)cc2Cl)C(C)C(=O)NC(C)(C)C)cc1. The molecule has 1 atom stereocenters. The molecule has 1 N–H and O–H groups in total. The predicted octanol–water partition coefficient (Wildman–Crippen LogP) is 5.57. The molecule has 0 radical (unpaired) electrons. The highest BCUT2D eigenvalue weighted by Crippen LogP contribution is 2.24. The van der Waals surface area contributed by atoms with E-state index in [9.17, 15) is 9.59 Å². The fourth-order valence-electron chi connectivity index (χ4n) is 2.95. The van der Waals surface area contributed by atoms with Crippen LogP contribution in [0, 0.1) is 0 Å². The highest BCUT2D eigenvalue weighted by molar-refractivity contribution is 7.99. The van der Waals surface area contributed by atoms with Crippen molar-refractivity contribution in [2.75, 3.05) is 12.9 Å². The molecule has 0 aliphatic heterocycles. The Morgan fingerprint density at radius 1 is 1.12 bits per heavy atom.